The summed E-state index contributed by atoms with van der Waals surface area (Å²) in [5.74, 6) is 2.02. The van der Waals surface area contributed by atoms with Crippen molar-refractivity contribution in [3.05, 3.63) is 69.8 Å². The van der Waals surface area contributed by atoms with E-state index in [0.29, 0.717) is 28.7 Å². The van der Waals surface area contributed by atoms with Crippen molar-refractivity contribution < 1.29 is 9.47 Å². The highest BCUT2D eigenvalue weighted by Gasteiger charge is 2.06. The maximum absolute atomic E-state index is 5.89. The summed E-state index contributed by atoms with van der Waals surface area (Å²) in [6.07, 6.45) is 1.70. The van der Waals surface area contributed by atoms with Gasteiger partial charge in [0.25, 0.3) is 0 Å². The summed E-state index contributed by atoms with van der Waals surface area (Å²) in [5.41, 5.74) is 3.20. The Morgan fingerprint density at radius 2 is 1.92 bits per heavy atom. The van der Waals surface area contributed by atoms with Crippen LogP contribution in [0.5, 0.6) is 11.5 Å². The van der Waals surface area contributed by atoms with Gasteiger partial charge in [0.05, 0.1) is 13.3 Å². The molecule has 1 heterocycles. The van der Waals surface area contributed by atoms with Gasteiger partial charge in [-0.15, -0.1) is 0 Å². The molecule has 0 aliphatic carbocycles. The minimum Gasteiger partial charge on any atom is -0.493 e. The van der Waals surface area contributed by atoms with Crippen LogP contribution < -0.4 is 9.47 Å². The predicted octanol–water partition coefficient (Wildman–Crippen LogP) is 4.03. The van der Waals surface area contributed by atoms with Gasteiger partial charge >= 0.3 is 0 Å². The Bertz CT molecular complexity index is 974. The zero-order chi connectivity index (χ0) is 18.5. The van der Waals surface area contributed by atoms with Gasteiger partial charge in [-0.25, -0.2) is 0 Å². The number of hydrogen-bond donors (Lipinski definition) is 1. The highest BCUT2D eigenvalue weighted by Crippen LogP contribution is 2.28. The van der Waals surface area contributed by atoms with E-state index in [9.17, 15) is 0 Å². The minimum atomic E-state index is 0.448. The zero-order valence-corrected chi connectivity index (χ0v) is 15.7. The topological polar surface area (TPSA) is 64.4 Å². The van der Waals surface area contributed by atoms with Crippen LogP contribution in [-0.4, -0.2) is 28.2 Å². The smallest absolute Gasteiger partial charge is 0.216 e. The lowest BCUT2D eigenvalue weighted by atomic mass is 10.2. The van der Waals surface area contributed by atoms with E-state index in [0.717, 1.165) is 11.1 Å². The van der Waals surface area contributed by atoms with Crippen molar-refractivity contribution in [2.45, 2.75) is 20.5 Å². The fraction of sp³-hybridized carbons (Fsp3) is 0.211. The molecule has 7 heteroatoms. The molecule has 0 saturated carbocycles. The van der Waals surface area contributed by atoms with Crippen molar-refractivity contribution >= 4 is 18.4 Å². The Labute approximate surface area is 157 Å². The maximum atomic E-state index is 5.89. The van der Waals surface area contributed by atoms with Crippen molar-refractivity contribution in [2.75, 3.05) is 7.11 Å². The molecule has 0 radical (unpaired) electrons. The molecule has 134 valence electrons. The fourth-order valence-corrected chi connectivity index (χ4v) is 2.58. The number of hydrogen-bond acceptors (Lipinski definition) is 5. The number of H-pyrrole nitrogens is 1. The summed E-state index contributed by atoms with van der Waals surface area (Å²) in [7, 11) is 1.62. The number of nitrogens with zero attached hydrogens (tertiary/aromatic N) is 3. The lowest BCUT2D eigenvalue weighted by Gasteiger charge is -2.11. The average Bonchev–Trinajstić information content (AvgIpc) is 2.97. The van der Waals surface area contributed by atoms with E-state index in [-0.39, 0.29) is 0 Å². The maximum Gasteiger partial charge on any atom is 0.216 e. The predicted molar refractivity (Wildman–Crippen MR) is 104 cm³/mol. The van der Waals surface area contributed by atoms with E-state index in [1.165, 1.54) is 5.56 Å². The number of aromatic nitrogens is 3. The molecular formula is C19H20N4O2S. The van der Waals surface area contributed by atoms with Crippen LogP contribution in [0.1, 0.15) is 22.5 Å². The summed E-state index contributed by atoms with van der Waals surface area (Å²) in [6, 6.07) is 13.9. The van der Waals surface area contributed by atoms with Gasteiger partial charge in [0.15, 0.2) is 11.5 Å². The van der Waals surface area contributed by atoms with Gasteiger partial charge in [0.2, 0.25) is 4.77 Å². The first kappa shape index (κ1) is 17.9. The first-order valence-electron chi connectivity index (χ1n) is 8.11. The first-order valence-corrected chi connectivity index (χ1v) is 8.52. The zero-order valence-electron chi connectivity index (χ0n) is 14.9. The minimum absolute atomic E-state index is 0.448. The Morgan fingerprint density at radius 3 is 2.58 bits per heavy atom. The SMILES string of the molecule is COc1cc(/C=N\n2c(C)n[nH]c2=S)ccc1OCc1ccc(C)cc1. The van der Waals surface area contributed by atoms with Crippen LogP contribution in [0.15, 0.2) is 47.6 Å². The molecule has 0 spiro atoms. The molecule has 26 heavy (non-hydrogen) atoms. The summed E-state index contributed by atoms with van der Waals surface area (Å²) in [4.78, 5) is 0. The van der Waals surface area contributed by atoms with E-state index < -0.39 is 0 Å². The lowest BCUT2D eigenvalue weighted by Crippen LogP contribution is -1.99. The molecule has 6 nitrogen and oxygen atoms in total. The lowest BCUT2D eigenvalue weighted by molar-refractivity contribution is 0.284. The average molecular weight is 368 g/mol. The largest absolute Gasteiger partial charge is 0.493 e. The van der Waals surface area contributed by atoms with Crippen LogP contribution in [0.4, 0.5) is 0 Å². The molecule has 0 aliphatic heterocycles. The molecule has 1 aromatic heterocycles. The molecule has 3 aromatic rings. The molecule has 0 saturated heterocycles. The van der Waals surface area contributed by atoms with E-state index >= 15 is 0 Å². The number of methoxy groups -OCH3 is 1. The van der Waals surface area contributed by atoms with Gasteiger partial charge in [-0.05, 0) is 55.4 Å². The number of aromatic amines is 1. The van der Waals surface area contributed by atoms with Crippen molar-refractivity contribution in [2.24, 2.45) is 5.10 Å². The molecule has 0 fully saturated rings. The van der Waals surface area contributed by atoms with Crippen molar-refractivity contribution in [3.8, 4) is 11.5 Å². The number of aryl methyl sites for hydroxylation is 2. The Kier molecular flexibility index (Phi) is 5.48. The van der Waals surface area contributed by atoms with Gasteiger partial charge in [-0.1, -0.05) is 29.8 Å². The second-order valence-electron chi connectivity index (χ2n) is 5.82. The fourth-order valence-electron chi connectivity index (χ4n) is 2.36. The molecule has 3 rings (SSSR count). The second kappa shape index (κ2) is 7.97. The van der Waals surface area contributed by atoms with Crippen molar-refractivity contribution in [1.29, 1.82) is 0 Å². The van der Waals surface area contributed by atoms with Crippen LogP contribution in [0.2, 0.25) is 0 Å². The number of ether oxygens (including phenoxy) is 2. The van der Waals surface area contributed by atoms with E-state index in [4.69, 9.17) is 21.7 Å². The van der Waals surface area contributed by atoms with E-state index in [1.807, 2.05) is 25.1 Å². The summed E-state index contributed by atoms with van der Waals surface area (Å²) >= 11 is 5.13. The van der Waals surface area contributed by atoms with Crippen LogP contribution in [0.25, 0.3) is 0 Å². The first-order chi connectivity index (χ1) is 12.6. The van der Waals surface area contributed by atoms with Gasteiger partial charge < -0.3 is 9.47 Å². The summed E-state index contributed by atoms with van der Waals surface area (Å²) in [6.45, 7) is 4.37. The Morgan fingerprint density at radius 1 is 1.15 bits per heavy atom. The van der Waals surface area contributed by atoms with Crippen LogP contribution in [0, 0.1) is 18.6 Å². The Hall–Kier alpha value is -2.93. The van der Waals surface area contributed by atoms with Crippen molar-refractivity contribution in [3.63, 3.8) is 0 Å². The number of rotatable bonds is 6. The van der Waals surface area contributed by atoms with Crippen LogP contribution in [0.3, 0.4) is 0 Å². The molecule has 1 N–H and O–H groups in total. The summed E-state index contributed by atoms with van der Waals surface area (Å²) < 4.78 is 13.3. The molecule has 0 bridgehead atoms. The van der Waals surface area contributed by atoms with Crippen LogP contribution >= 0.6 is 12.2 Å². The van der Waals surface area contributed by atoms with Gasteiger partial charge in [0.1, 0.15) is 12.4 Å². The molecule has 0 aliphatic rings. The van der Waals surface area contributed by atoms with Gasteiger partial charge in [-0.2, -0.15) is 14.9 Å². The normalized spacial score (nSPS) is 11.0. The molecule has 0 unspecified atom stereocenters. The third kappa shape index (κ3) is 4.18. The van der Waals surface area contributed by atoms with E-state index in [1.54, 1.807) is 18.0 Å². The number of benzene rings is 2. The van der Waals surface area contributed by atoms with E-state index in [2.05, 4.69) is 46.5 Å². The van der Waals surface area contributed by atoms with Gasteiger partial charge in [-0.3, -0.25) is 5.10 Å². The quantitative estimate of drug-likeness (QED) is 0.527. The highest BCUT2D eigenvalue weighted by atomic mass is 32.1. The third-order valence-electron chi connectivity index (χ3n) is 3.84. The highest BCUT2D eigenvalue weighted by molar-refractivity contribution is 7.71. The molecule has 2 aromatic carbocycles. The van der Waals surface area contributed by atoms with Gasteiger partial charge in [0, 0.05) is 0 Å². The summed E-state index contributed by atoms with van der Waals surface area (Å²) in [5, 5.41) is 11.1. The molecule has 0 amide bonds. The Balaban J connectivity index is 1.75. The van der Waals surface area contributed by atoms with Crippen LogP contribution in [-0.2, 0) is 6.61 Å². The monoisotopic (exact) mass is 368 g/mol. The molecular weight excluding hydrogens is 348 g/mol. The standard InChI is InChI=1S/C19H20N4O2S/c1-13-4-6-15(7-5-13)12-25-17-9-8-16(10-18(17)24-3)11-20-23-14(2)21-22-19(23)26/h4-11H,12H2,1-3H3,(H,22,26)/b20-11-. The molecule has 0 atom stereocenters. The third-order valence-corrected chi connectivity index (χ3v) is 4.10. The second-order valence-corrected chi connectivity index (χ2v) is 6.20. The number of nitrogens with one attached hydrogen (secondary N) is 1. The van der Waals surface area contributed by atoms with Crippen molar-refractivity contribution in [1.82, 2.24) is 14.9 Å².